The Morgan fingerprint density at radius 1 is 1.10 bits per heavy atom. The Kier molecular flexibility index (Phi) is 6.18. The lowest BCUT2D eigenvalue weighted by atomic mass is 9.89. The molecule has 0 aromatic heterocycles. The van der Waals surface area contributed by atoms with Gasteiger partial charge in [0.05, 0.1) is 23.7 Å². The van der Waals surface area contributed by atoms with Crippen molar-refractivity contribution >= 4 is 10.0 Å². The molecule has 1 spiro atoms. The van der Waals surface area contributed by atoms with Crippen molar-refractivity contribution in [2.45, 2.75) is 42.3 Å². The van der Waals surface area contributed by atoms with Crippen LogP contribution in [0, 0.1) is 0 Å². The third kappa shape index (κ3) is 4.61. The van der Waals surface area contributed by atoms with Crippen LogP contribution in [-0.4, -0.2) is 94.2 Å². The molecule has 0 saturated carbocycles. The van der Waals surface area contributed by atoms with E-state index in [0.29, 0.717) is 23.7 Å². The van der Waals surface area contributed by atoms with Gasteiger partial charge in [-0.15, -0.1) is 0 Å². The van der Waals surface area contributed by atoms with Crippen molar-refractivity contribution < 1.29 is 17.9 Å². The summed E-state index contributed by atoms with van der Waals surface area (Å²) in [6, 6.07) is 6.72. The number of nitrogens with zero attached hydrogens (tertiary/aromatic N) is 3. The lowest BCUT2D eigenvalue weighted by Crippen LogP contribution is -2.49. The van der Waals surface area contributed by atoms with Gasteiger partial charge in [-0.2, -0.15) is 4.31 Å². The van der Waals surface area contributed by atoms with Crippen molar-refractivity contribution in [1.82, 2.24) is 14.1 Å². The Hall–Kier alpha value is -1.19. The van der Waals surface area contributed by atoms with Crippen LogP contribution in [0.3, 0.4) is 0 Å². The maximum atomic E-state index is 13.0. The highest BCUT2D eigenvalue weighted by Crippen LogP contribution is 2.40. The molecule has 29 heavy (non-hydrogen) atoms. The van der Waals surface area contributed by atoms with Gasteiger partial charge in [-0.1, -0.05) is 6.07 Å². The van der Waals surface area contributed by atoms with E-state index in [1.165, 1.54) is 0 Å². The average molecular weight is 424 g/mol. The van der Waals surface area contributed by atoms with Crippen LogP contribution in [0.5, 0.6) is 5.75 Å². The van der Waals surface area contributed by atoms with Crippen LogP contribution in [0.2, 0.25) is 0 Å². The molecular formula is C21H33N3O4S. The molecule has 3 saturated heterocycles. The van der Waals surface area contributed by atoms with Crippen LogP contribution in [0.15, 0.2) is 29.2 Å². The fourth-order valence-corrected chi connectivity index (χ4v) is 6.23. The van der Waals surface area contributed by atoms with Crippen molar-refractivity contribution in [3.63, 3.8) is 0 Å². The normalized spacial score (nSPS) is 26.8. The van der Waals surface area contributed by atoms with Crippen LogP contribution in [0.25, 0.3) is 0 Å². The Morgan fingerprint density at radius 3 is 2.52 bits per heavy atom. The van der Waals surface area contributed by atoms with Gasteiger partial charge in [0.2, 0.25) is 10.0 Å². The molecule has 3 aliphatic rings. The van der Waals surface area contributed by atoms with Crippen LogP contribution in [0.4, 0.5) is 0 Å². The molecule has 0 radical (unpaired) electrons. The van der Waals surface area contributed by atoms with E-state index in [2.05, 4.69) is 16.8 Å². The molecule has 0 bridgehead atoms. The first-order chi connectivity index (χ1) is 13.9. The van der Waals surface area contributed by atoms with Gasteiger partial charge in [-0.25, -0.2) is 8.42 Å². The number of hydrogen-bond acceptors (Lipinski definition) is 6. The zero-order valence-electron chi connectivity index (χ0n) is 17.5. The Bertz CT molecular complexity index is 800. The van der Waals surface area contributed by atoms with Crippen molar-refractivity contribution in [3.05, 3.63) is 24.3 Å². The molecule has 0 amide bonds. The van der Waals surface area contributed by atoms with Crippen LogP contribution in [0.1, 0.15) is 25.7 Å². The van der Waals surface area contributed by atoms with Crippen LogP contribution in [-0.2, 0) is 14.8 Å². The summed E-state index contributed by atoms with van der Waals surface area (Å²) in [7, 11) is 0.223. The van der Waals surface area contributed by atoms with Crippen molar-refractivity contribution in [1.29, 1.82) is 0 Å². The summed E-state index contributed by atoms with van der Waals surface area (Å²) in [5, 5.41) is 0. The van der Waals surface area contributed by atoms with Gasteiger partial charge >= 0.3 is 0 Å². The molecule has 1 aromatic carbocycles. The first-order valence-corrected chi connectivity index (χ1v) is 12.1. The highest BCUT2D eigenvalue weighted by Gasteiger charge is 2.44. The summed E-state index contributed by atoms with van der Waals surface area (Å²) in [6.45, 7) is 6.48. The predicted octanol–water partition coefficient (Wildman–Crippen LogP) is 1.64. The van der Waals surface area contributed by atoms with Crippen molar-refractivity contribution in [3.8, 4) is 5.75 Å². The molecule has 0 aliphatic carbocycles. The Morgan fingerprint density at radius 2 is 1.83 bits per heavy atom. The van der Waals surface area contributed by atoms with E-state index < -0.39 is 10.0 Å². The van der Waals surface area contributed by atoms with E-state index in [-0.39, 0.29) is 11.7 Å². The first kappa shape index (κ1) is 21.1. The van der Waals surface area contributed by atoms with Gasteiger partial charge < -0.3 is 14.4 Å². The molecule has 162 valence electrons. The number of ether oxygens (including phenoxy) is 2. The van der Waals surface area contributed by atoms with E-state index in [1.54, 1.807) is 35.7 Å². The molecule has 1 unspecified atom stereocenters. The lowest BCUT2D eigenvalue weighted by molar-refractivity contribution is -0.0777. The standard InChI is InChI=1S/C21H33N3O4S/c1-22-12-14-23(15-13-22)17-19-6-7-21(28-19)8-10-24(11-9-21)29(25,26)20-5-3-4-18(16-20)27-2/h3-5,16,19H,6-15,17H2,1-2H3. The molecule has 4 rings (SSSR count). The largest absolute Gasteiger partial charge is 0.497 e. The number of sulfonamides is 1. The van der Waals surface area contributed by atoms with Crippen molar-refractivity contribution in [2.24, 2.45) is 0 Å². The molecule has 0 N–H and O–H groups in total. The summed E-state index contributed by atoms with van der Waals surface area (Å²) >= 11 is 0. The molecule has 1 atom stereocenters. The van der Waals surface area contributed by atoms with Gasteiger partial charge in [0.15, 0.2) is 0 Å². The second kappa shape index (κ2) is 8.51. The third-order valence-corrected chi connectivity index (χ3v) is 8.60. The molecule has 3 heterocycles. The number of piperazine rings is 1. The lowest BCUT2D eigenvalue weighted by Gasteiger charge is -2.39. The van der Waals surface area contributed by atoms with Crippen molar-refractivity contribution in [2.75, 3.05) is 60.0 Å². The van der Waals surface area contributed by atoms with E-state index in [9.17, 15) is 8.42 Å². The molecule has 3 aliphatic heterocycles. The molecule has 7 nitrogen and oxygen atoms in total. The summed E-state index contributed by atoms with van der Waals surface area (Å²) in [5.74, 6) is 0.561. The zero-order chi connectivity index (χ0) is 20.5. The van der Waals surface area contributed by atoms with E-state index in [4.69, 9.17) is 9.47 Å². The highest BCUT2D eigenvalue weighted by atomic mass is 32.2. The maximum Gasteiger partial charge on any atom is 0.243 e. The van der Waals surface area contributed by atoms with E-state index in [1.807, 2.05) is 0 Å². The second-order valence-corrected chi connectivity index (χ2v) is 10.6. The number of likely N-dealkylation sites (N-methyl/N-ethyl adjacent to an activating group) is 1. The van der Waals surface area contributed by atoms with Gasteiger partial charge in [0, 0.05) is 51.9 Å². The zero-order valence-corrected chi connectivity index (χ0v) is 18.4. The Balaban J connectivity index is 1.33. The summed E-state index contributed by atoms with van der Waals surface area (Å²) in [6.07, 6.45) is 3.94. The minimum atomic E-state index is -3.50. The summed E-state index contributed by atoms with van der Waals surface area (Å²) in [5.41, 5.74) is -0.141. The van der Waals surface area contributed by atoms with E-state index in [0.717, 1.165) is 58.4 Å². The first-order valence-electron chi connectivity index (χ1n) is 10.6. The number of rotatable bonds is 5. The summed E-state index contributed by atoms with van der Waals surface area (Å²) in [4.78, 5) is 5.17. The Labute approximate surface area is 174 Å². The maximum absolute atomic E-state index is 13.0. The second-order valence-electron chi connectivity index (χ2n) is 8.65. The monoisotopic (exact) mass is 423 g/mol. The van der Waals surface area contributed by atoms with Crippen LogP contribution >= 0.6 is 0 Å². The number of methoxy groups -OCH3 is 1. The summed E-state index contributed by atoms with van der Waals surface area (Å²) < 4.78 is 39.4. The molecule has 8 heteroatoms. The van der Waals surface area contributed by atoms with E-state index >= 15 is 0 Å². The van der Waals surface area contributed by atoms with Crippen LogP contribution < -0.4 is 4.74 Å². The minimum absolute atomic E-state index is 0.141. The molecule has 3 fully saturated rings. The molecular weight excluding hydrogens is 390 g/mol. The van der Waals surface area contributed by atoms with Gasteiger partial charge in [-0.05, 0) is 44.9 Å². The average Bonchev–Trinajstić information content (AvgIpc) is 3.12. The fourth-order valence-electron chi connectivity index (χ4n) is 4.76. The van der Waals surface area contributed by atoms with Gasteiger partial charge in [-0.3, -0.25) is 4.90 Å². The number of piperidine rings is 1. The topological polar surface area (TPSA) is 62.3 Å². The van der Waals surface area contributed by atoms with Gasteiger partial charge in [0.1, 0.15) is 5.75 Å². The minimum Gasteiger partial charge on any atom is -0.497 e. The predicted molar refractivity (Wildman–Crippen MR) is 112 cm³/mol. The smallest absolute Gasteiger partial charge is 0.243 e. The highest BCUT2D eigenvalue weighted by molar-refractivity contribution is 7.89. The quantitative estimate of drug-likeness (QED) is 0.718. The third-order valence-electron chi connectivity index (χ3n) is 6.71. The SMILES string of the molecule is COc1cccc(S(=O)(=O)N2CCC3(CCC(CN4CCN(C)CC4)O3)CC2)c1. The number of hydrogen-bond donors (Lipinski definition) is 0. The molecule has 1 aromatic rings. The van der Waals surface area contributed by atoms with Gasteiger partial charge in [0.25, 0.3) is 0 Å². The number of benzene rings is 1. The fraction of sp³-hybridized carbons (Fsp3) is 0.714.